The van der Waals surface area contributed by atoms with Crippen LogP contribution in [0.2, 0.25) is 5.02 Å². The van der Waals surface area contributed by atoms with Crippen LogP contribution in [0.3, 0.4) is 0 Å². The van der Waals surface area contributed by atoms with Gasteiger partial charge in [0, 0.05) is 37.7 Å². The third-order valence-electron chi connectivity index (χ3n) is 3.82. The molecule has 0 aliphatic carbocycles. The third kappa shape index (κ3) is 4.78. The van der Waals surface area contributed by atoms with Gasteiger partial charge in [0.15, 0.2) is 0 Å². The molecule has 1 saturated heterocycles. The van der Waals surface area contributed by atoms with E-state index in [-0.39, 0.29) is 6.03 Å². The second kappa shape index (κ2) is 8.25. The molecular weight excluding hydrogens is 304 g/mol. The molecule has 0 spiro atoms. The first-order chi connectivity index (χ1) is 10.6. The number of nitrogens with one attached hydrogen (secondary N) is 1. The maximum Gasteiger partial charge on any atom is 0.317 e. The molecule has 22 heavy (non-hydrogen) atoms. The van der Waals surface area contributed by atoms with Gasteiger partial charge >= 0.3 is 6.03 Å². The molecule has 1 aliphatic rings. The smallest absolute Gasteiger partial charge is 0.317 e. The van der Waals surface area contributed by atoms with Gasteiger partial charge in [-0.05, 0) is 36.6 Å². The average Bonchev–Trinajstić information content (AvgIpc) is 3.00. The van der Waals surface area contributed by atoms with Crippen LogP contribution in [-0.2, 0) is 11.2 Å². The van der Waals surface area contributed by atoms with Crippen LogP contribution in [0.5, 0.6) is 5.75 Å². The van der Waals surface area contributed by atoms with E-state index in [9.17, 15) is 4.79 Å². The van der Waals surface area contributed by atoms with Gasteiger partial charge in [-0.2, -0.15) is 0 Å². The van der Waals surface area contributed by atoms with Crippen LogP contribution in [0.15, 0.2) is 18.2 Å². The molecule has 1 heterocycles. The first-order valence-corrected chi connectivity index (χ1v) is 7.87. The summed E-state index contributed by atoms with van der Waals surface area (Å²) < 4.78 is 10.6. The summed E-state index contributed by atoms with van der Waals surface area (Å²) in [6.07, 6.45) is 1.70. The Bertz CT molecular complexity index is 504. The number of ether oxygens (including phenoxy) is 2. The zero-order chi connectivity index (χ0) is 15.9. The lowest BCUT2D eigenvalue weighted by Gasteiger charge is -2.21. The van der Waals surface area contributed by atoms with Gasteiger partial charge in [-0.15, -0.1) is 0 Å². The molecule has 0 saturated carbocycles. The molecule has 0 bridgehead atoms. The molecule has 1 N–H and O–H groups in total. The van der Waals surface area contributed by atoms with Gasteiger partial charge in [0.1, 0.15) is 5.75 Å². The minimum Gasteiger partial charge on any atom is -0.496 e. The summed E-state index contributed by atoms with van der Waals surface area (Å²) in [5.74, 6) is 1.24. The monoisotopic (exact) mass is 326 g/mol. The van der Waals surface area contributed by atoms with Crippen molar-refractivity contribution in [1.82, 2.24) is 10.2 Å². The van der Waals surface area contributed by atoms with E-state index < -0.39 is 0 Å². The van der Waals surface area contributed by atoms with Crippen LogP contribution in [-0.4, -0.2) is 51.4 Å². The molecule has 1 atom stereocenters. The number of methoxy groups -OCH3 is 1. The Morgan fingerprint density at radius 1 is 1.55 bits per heavy atom. The molecule has 0 radical (unpaired) electrons. The number of nitrogens with zero attached hydrogens (tertiary/aromatic N) is 1. The van der Waals surface area contributed by atoms with Crippen molar-refractivity contribution in [3.63, 3.8) is 0 Å². The molecule has 2 amide bonds. The number of urea groups is 1. The van der Waals surface area contributed by atoms with Crippen LogP contribution >= 0.6 is 11.6 Å². The fourth-order valence-corrected chi connectivity index (χ4v) is 2.77. The van der Waals surface area contributed by atoms with Crippen molar-refractivity contribution in [3.05, 3.63) is 28.8 Å². The van der Waals surface area contributed by atoms with Gasteiger partial charge in [-0.25, -0.2) is 4.79 Å². The van der Waals surface area contributed by atoms with Gasteiger partial charge < -0.3 is 19.7 Å². The van der Waals surface area contributed by atoms with E-state index in [0.29, 0.717) is 23.9 Å². The van der Waals surface area contributed by atoms with Gasteiger partial charge in [-0.1, -0.05) is 11.6 Å². The standard InChI is InChI=1S/C16H23ClN2O3/c1-19(10-12-6-8-22-11-12)16(20)18-7-5-13-9-14(17)3-4-15(13)21-2/h3-4,9,12H,5-8,10-11H2,1-2H3,(H,18,20)/t12-/m0/s1. The summed E-state index contributed by atoms with van der Waals surface area (Å²) >= 11 is 6.00. The SMILES string of the molecule is COc1ccc(Cl)cc1CCNC(=O)N(C)C[C@@H]1CCOC1. The van der Waals surface area contributed by atoms with Crippen LogP contribution in [0.25, 0.3) is 0 Å². The highest BCUT2D eigenvalue weighted by molar-refractivity contribution is 6.30. The Kier molecular flexibility index (Phi) is 6.34. The maximum atomic E-state index is 12.1. The zero-order valence-electron chi connectivity index (χ0n) is 13.1. The summed E-state index contributed by atoms with van der Waals surface area (Å²) in [7, 11) is 3.44. The second-order valence-electron chi connectivity index (χ2n) is 5.55. The zero-order valence-corrected chi connectivity index (χ0v) is 13.9. The van der Waals surface area contributed by atoms with Crippen molar-refractivity contribution in [3.8, 4) is 5.75 Å². The van der Waals surface area contributed by atoms with Crippen LogP contribution < -0.4 is 10.1 Å². The lowest BCUT2D eigenvalue weighted by Crippen LogP contribution is -2.40. The highest BCUT2D eigenvalue weighted by Gasteiger charge is 2.19. The number of carbonyl (C=O) groups excluding carboxylic acids is 1. The topological polar surface area (TPSA) is 50.8 Å². The summed E-state index contributed by atoms with van der Waals surface area (Å²) in [5.41, 5.74) is 0.988. The molecule has 1 aromatic rings. The molecule has 1 fully saturated rings. The van der Waals surface area contributed by atoms with Crippen molar-refractivity contribution < 1.29 is 14.3 Å². The van der Waals surface area contributed by atoms with Crippen LogP contribution in [0.1, 0.15) is 12.0 Å². The Morgan fingerprint density at radius 2 is 2.36 bits per heavy atom. The molecule has 1 aliphatic heterocycles. The Hall–Kier alpha value is -1.46. The van der Waals surface area contributed by atoms with E-state index in [1.165, 1.54) is 0 Å². The molecule has 2 rings (SSSR count). The van der Waals surface area contributed by atoms with Crippen molar-refractivity contribution >= 4 is 17.6 Å². The number of benzene rings is 1. The molecule has 6 heteroatoms. The van der Waals surface area contributed by atoms with Crippen LogP contribution in [0, 0.1) is 5.92 Å². The molecular formula is C16H23ClN2O3. The van der Waals surface area contributed by atoms with E-state index in [0.717, 1.165) is 37.5 Å². The Labute approximate surface area is 136 Å². The summed E-state index contributed by atoms with van der Waals surface area (Å²) in [6.45, 7) is 2.82. The van der Waals surface area contributed by atoms with Gasteiger partial charge in [0.25, 0.3) is 0 Å². The highest BCUT2D eigenvalue weighted by atomic mass is 35.5. The van der Waals surface area contributed by atoms with E-state index in [1.54, 1.807) is 18.1 Å². The Balaban J connectivity index is 1.77. The average molecular weight is 327 g/mol. The summed E-state index contributed by atoms with van der Waals surface area (Å²) in [4.78, 5) is 13.8. The molecule has 5 nitrogen and oxygen atoms in total. The maximum absolute atomic E-state index is 12.1. The predicted molar refractivity (Wildman–Crippen MR) is 86.7 cm³/mol. The lowest BCUT2D eigenvalue weighted by atomic mass is 10.1. The fourth-order valence-electron chi connectivity index (χ4n) is 2.58. The highest BCUT2D eigenvalue weighted by Crippen LogP contribution is 2.22. The van der Waals surface area contributed by atoms with E-state index in [4.69, 9.17) is 21.1 Å². The number of halogens is 1. The number of amides is 2. The molecule has 0 aromatic heterocycles. The lowest BCUT2D eigenvalue weighted by molar-refractivity contribution is 0.171. The van der Waals surface area contributed by atoms with Crippen LogP contribution in [0.4, 0.5) is 4.79 Å². The molecule has 1 aromatic carbocycles. The second-order valence-corrected chi connectivity index (χ2v) is 5.98. The summed E-state index contributed by atoms with van der Waals surface area (Å²) in [6, 6.07) is 5.44. The van der Waals surface area contributed by atoms with Gasteiger partial charge in [0.2, 0.25) is 0 Å². The minimum absolute atomic E-state index is 0.0621. The number of rotatable bonds is 6. The van der Waals surface area contributed by atoms with Crippen molar-refractivity contribution in [2.45, 2.75) is 12.8 Å². The Morgan fingerprint density at radius 3 is 3.05 bits per heavy atom. The summed E-state index contributed by atoms with van der Waals surface area (Å²) in [5, 5.41) is 3.59. The largest absolute Gasteiger partial charge is 0.496 e. The fraction of sp³-hybridized carbons (Fsp3) is 0.562. The van der Waals surface area contributed by atoms with Crippen molar-refractivity contribution in [1.29, 1.82) is 0 Å². The van der Waals surface area contributed by atoms with E-state index >= 15 is 0 Å². The van der Waals surface area contributed by atoms with Gasteiger partial charge in [-0.3, -0.25) is 0 Å². The minimum atomic E-state index is -0.0621. The van der Waals surface area contributed by atoms with E-state index in [1.807, 2.05) is 19.2 Å². The predicted octanol–water partition coefficient (Wildman–Crippen LogP) is 2.57. The van der Waals surface area contributed by atoms with Gasteiger partial charge in [0.05, 0.1) is 13.7 Å². The first-order valence-electron chi connectivity index (χ1n) is 7.49. The van der Waals surface area contributed by atoms with E-state index in [2.05, 4.69) is 5.32 Å². The third-order valence-corrected chi connectivity index (χ3v) is 4.05. The number of carbonyl (C=O) groups is 1. The molecule has 0 unspecified atom stereocenters. The van der Waals surface area contributed by atoms with Crippen molar-refractivity contribution in [2.24, 2.45) is 5.92 Å². The first kappa shape index (κ1) is 16.9. The normalized spacial score (nSPS) is 17.3. The number of hydrogen-bond acceptors (Lipinski definition) is 3. The quantitative estimate of drug-likeness (QED) is 0.874. The number of hydrogen-bond donors (Lipinski definition) is 1. The molecule has 122 valence electrons. The van der Waals surface area contributed by atoms with Crippen molar-refractivity contribution in [2.75, 3.05) is 40.5 Å².